The average molecular weight is 282 g/mol. The summed E-state index contributed by atoms with van der Waals surface area (Å²) in [7, 11) is 0. The summed E-state index contributed by atoms with van der Waals surface area (Å²) in [6.45, 7) is 4.10. The number of hydrogen-bond acceptors (Lipinski definition) is 3. The van der Waals surface area contributed by atoms with Crippen molar-refractivity contribution in [3.8, 4) is 6.07 Å². The lowest BCUT2D eigenvalue weighted by Crippen LogP contribution is -2.19. The van der Waals surface area contributed by atoms with Gasteiger partial charge in [-0.1, -0.05) is 6.07 Å². The lowest BCUT2D eigenvalue weighted by atomic mass is 10.1. The summed E-state index contributed by atoms with van der Waals surface area (Å²) >= 11 is 0. The number of rotatable bonds is 3. The third-order valence-corrected chi connectivity index (χ3v) is 3.39. The van der Waals surface area contributed by atoms with Crippen LogP contribution >= 0.6 is 0 Å². The number of nitrogens with zero attached hydrogens (tertiary/aromatic N) is 2. The molecule has 0 amide bonds. The van der Waals surface area contributed by atoms with E-state index in [2.05, 4.69) is 6.07 Å². The molecule has 0 fully saturated rings. The van der Waals surface area contributed by atoms with Crippen molar-refractivity contribution in [2.75, 3.05) is 0 Å². The summed E-state index contributed by atoms with van der Waals surface area (Å²) in [5.41, 5.74) is 2.45. The second kappa shape index (κ2) is 5.63. The molecule has 2 aromatic rings. The largest absolute Gasteiger partial charge is 0.477 e. The maximum absolute atomic E-state index is 11.6. The van der Waals surface area contributed by atoms with Crippen molar-refractivity contribution in [1.82, 2.24) is 4.57 Å². The molecule has 106 valence electrons. The Balaban J connectivity index is 2.45. The zero-order valence-electron chi connectivity index (χ0n) is 11.8. The van der Waals surface area contributed by atoms with Gasteiger partial charge in [0.2, 0.25) is 0 Å². The average Bonchev–Trinajstić information content (AvgIpc) is 2.43. The van der Waals surface area contributed by atoms with E-state index in [9.17, 15) is 9.59 Å². The van der Waals surface area contributed by atoms with Crippen LogP contribution in [0.4, 0.5) is 0 Å². The predicted octanol–water partition coefficient (Wildman–Crippen LogP) is 2.08. The molecule has 1 N–H and O–H groups in total. The summed E-state index contributed by atoms with van der Waals surface area (Å²) in [5, 5.41) is 17.9. The first-order valence-electron chi connectivity index (χ1n) is 6.36. The molecule has 2 rings (SSSR count). The molecule has 0 spiro atoms. The molecule has 0 bridgehead atoms. The first-order valence-corrected chi connectivity index (χ1v) is 6.36. The molecule has 5 heteroatoms. The summed E-state index contributed by atoms with van der Waals surface area (Å²) < 4.78 is 1.72. The Morgan fingerprint density at radius 3 is 2.62 bits per heavy atom. The van der Waals surface area contributed by atoms with Crippen LogP contribution in [0.2, 0.25) is 0 Å². The van der Waals surface area contributed by atoms with E-state index in [0.717, 1.165) is 11.1 Å². The van der Waals surface area contributed by atoms with Crippen molar-refractivity contribution in [3.63, 3.8) is 0 Å². The molecule has 1 heterocycles. The van der Waals surface area contributed by atoms with E-state index >= 15 is 0 Å². The highest BCUT2D eigenvalue weighted by Gasteiger charge is 2.11. The fourth-order valence-electron chi connectivity index (χ4n) is 2.13. The monoisotopic (exact) mass is 282 g/mol. The molecule has 0 aliphatic rings. The van der Waals surface area contributed by atoms with Crippen LogP contribution in [0.1, 0.15) is 32.7 Å². The van der Waals surface area contributed by atoms with Crippen LogP contribution in [0, 0.1) is 25.2 Å². The topological polar surface area (TPSA) is 83.1 Å². The van der Waals surface area contributed by atoms with Crippen molar-refractivity contribution in [1.29, 1.82) is 5.26 Å². The number of carboxylic acid groups (broad SMARTS) is 1. The van der Waals surface area contributed by atoms with Gasteiger partial charge in [0.05, 0.1) is 11.6 Å². The highest BCUT2D eigenvalue weighted by molar-refractivity contribution is 5.87. The Morgan fingerprint density at radius 2 is 2.05 bits per heavy atom. The zero-order valence-corrected chi connectivity index (χ0v) is 11.8. The molecule has 1 aromatic carbocycles. The normalized spacial score (nSPS) is 10.1. The predicted molar refractivity (Wildman–Crippen MR) is 77.4 cm³/mol. The molecule has 0 atom stereocenters. The van der Waals surface area contributed by atoms with Gasteiger partial charge in [-0.15, -0.1) is 0 Å². The number of aromatic nitrogens is 1. The van der Waals surface area contributed by atoms with Crippen LogP contribution in [-0.2, 0) is 6.54 Å². The molecule has 0 aliphatic carbocycles. The highest BCUT2D eigenvalue weighted by Crippen LogP contribution is 2.13. The number of nitriles is 1. The standard InChI is InChI=1S/C16H14N2O3/c1-10-5-12(7-17)3-4-13(10)8-18-9-14(16(20)21)15(19)6-11(18)2/h3-6,9H,8H2,1-2H3,(H,20,21). The number of hydrogen-bond donors (Lipinski definition) is 1. The van der Waals surface area contributed by atoms with Crippen molar-refractivity contribution in [3.05, 3.63) is 68.6 Å². The number of aryl methyl sites for hydroxylation is 2. The number of aromatic carboxylic acids is 1. The van der Waals surface area contributed by atoms with Gasteiger partial charge in [0, 0.05) is 24.5 Å². The van der Waals surface area contributed by atoms with Crippen LogP contribution in [0.3, 0.4) is 0 Å². The first kappa shape index (κ1) is 14.5. The molecular weight excluding hydrogens is 268 g/mol. The Labute approximate surface area is 121 Å². The molecule has 0 saturated heterocycles. The summed E-state index contributed by atoms with van der Waals surface area (Å²) in [6.07, 6.45) is 1.36. The fraction of sp³-hybridized carbons (Fsp3) is 0.188. The molecule has 0 radical (unpaired) electrons. The molecular formula is C16H14N2O3. The minimum atomic E-state index is -1.23. The Hall–Kier alpha value is -2.87. The Kier molecular flexibility index (Phi) is 3.90. The van der Waals surface area contributed by atoms with Gasteiger partial charge in [0.25, 0.3) is 0 Å². The molecule has 1 aromatic heterocycles. The van der Waals surface area contributed by atoms with E-state index in [0.29, 0.717) is 17.8 Å². The van der Waals surface area contributed by atoms with Gasteiger partial charge < -0.3 is 9.67 Å². The van der Waals surface area contributed by atoms with Gasteiger partial charge in [0.15, 0.2) is 5.43 Å². The SMILES string of the molecule is Cc1cc(C#N)ccc1Cn1cc(C(=O)O)c(=O)cc1C. The smallest absolute Gasteiger partial charge is 0.341 e. The lowest BCUT2D eigenvalue weighted by molar-refractivity contribution is 0.0694. The Bertz CT molecular complexity index is 813. The van der Waals surface area contributed by atoms with Crippen LogP contribution in [-0.4, -0.2) is 15.6 Å². The summed E-state index contributed by atoms with van der Waals surface area (Å²) in [4.78, 5) is 22.6. The molecule has 0 saturated carbocycles. The van der Waals surface area contributed by atoms with Crippen LogP contribution in [0.25, 0.3) is 0 Å². The van der Waals surface area contributed by atoms with E-state index in [-0.39, 0.29) is 5.56 Å². The third-order valence-electron chi connectivity index (χ3n) is 3.39. The first-order chi connectivity index (χ1) is 9.92. The Morgan fingerprint density at radius 1 is 1.33 bits per heavy atom. The van der Waals surface area contributed by atoms with Crippen molar-refractivity contribution in [2.45, 2.75) is 20.4 Å². The van der Waals surface area contributed by atoms with Crippen LogP contribution in [0.5, 0.6) is 0 Å². The van der Waals surface area contributed by atoms with E-state index in [1.807, 2.05) is 13.0 Å². The van der Waals surface area contributed by atoms with E-state index < -0.39 is 11.4 Å². The van der Waals surface area contributed by atoms with Gasteiger partial charge >= 0.3 is 5.97 Å². The van der Waals surface area contributed by atoms with E-state index in [1.54, 1.807) is 23.6 Å². The van der Waals surface area contributed by atoms with Gasteiger partial charge in [-0.25, -0.2) is 4.79 Å². The quantitative estimate of drug-likeness (QED) is 0.934. The lowest BCUT2D eigenvalue weighted by Gasteiger charge is -2.13. The van der Waals surface area contributed by atoms with Crippen molar-refractivity contribution >= 4 is 5.97 Å². The maximum atomic E-state index is 11.6. The van der Waals surface area contributed by atoms with Crippen molar-refractivity contribution < 1.29 is 9.90 Å². The second-order valence-corrected chi connectivity index (χ2v) is 4.88. The zero-order chi connectivity index (χ0) is 15.6. The summed E-state index contributed by atoms with van der Waals surface area (Å²) in [5.74, 6) is -1.23. The van der Waals surface area contributed by atoms with E-state index in [1.165, 1.54) is 12.3 Å². The molecule has 0 aliphatic heterocycles. The number of pyridine rings is 1. The number of benzene rings is 1. The van der Waals surface area contributed by atoms with Crippen LogP contribution < -0.4 is 5.43 Å². The van der Waals surface area contributed by atoms with Gasteiger partial charge in [-0.3, -0.25) is 4.79 Å². The molecule has 0 unspecified atom stereocenters. The van der Waals surface area contributed by atoms with Gasteiger partial charge in [-0.2, -0.15) is 5.26 Å². The summed E-state index contributed by atoms with van der Waals surface area (Å²) in [6, 6.07) is 8.74. The fourth-order valence-corrected chi connectivity index (χ4v) is 2.13. The minimum absolute atomic E-state index is 0.244. The molecule has 5 nitrogen and oxygen atoms in total. The number of carbonyl (C=O) groups is 1. The number of carboxylic acids is 1. The van der Waals surface area contributed by atoms with Gasteiger partial charge in [0.1, 0.15) is 5.56 Å². The third kappa shape index (κ3) is 3.00. The van der Waals surface area contributed by atoms with Gasteiger partial charge in [-0.05, 0) is 37.1 Å². The molecule has 21 heavy (non-hydrogen) atoms. The van der Waals surface area contributed by atoms with E-state index in [4.69, 9.17) is 10.4 Å². The van der Waals surface area contributed by atoms with Crippen molar-refractivity contribution in [2.24, 2.45) is 0 Å². The second-order valence-electron chi connectivity index (χ2n) is 4.88. The maximum Gasteiger partial charge on any atom is 0.341 e. The van der Waals surface area contributed by atoms with Crippen LogP contribution in [0.15, 0.2) is 35.3 Å². The highest BCUT2D eigenvalue weighted by atomic mass is 16.4. The minimum Gasteiger partial charge on any atom is -0.477 e.